The molecule has 3 nitrogen and oxygen atoms in total. The molecular weight excluding hydrogens is 176 g/mol. The van der Waals surface area contributed by atoms with Crippen LogP contribution in [0.5, 0.6) is 0 Å². The molecule has 1 N–H and O–H groups in total. The summed E-state index contributed by atoms with van der Waals surface area (Å²) in [5.41, 5.74) is 1.05. The lowest BCUT2D eigenvalue weighted by atomic mass is 10.2. The first-order chi connectivity index (χ1) is 6.90. The molecule has 0 aliphatic carbocycles. The fraction of sp³-hybridized carbons (Fsp3) is 0.182. The standard InChI is InChI=1S/C11H12N2O/c1-2-12-11-8-10(14-13-11)9-6-4-3-5-7-9/h3-8H,2H2,1H3,(H,12,13). The van der Waals surface area contributed by atoms with Crippen LogP contribution in [-0.4, -0.2) is 11.7 Å². The van der Waals surface area contributed by atoms with Crippen molar-refractivity contribution in [1.29, 1.82) is 0 Å². The minimum absolute atomic E-state index is 0.784. The van der Waals surface area contributed by atoms with Crippen LogP contribution in [0.15, 0.2) is 40.9 Å². The Morgan fingerprint density at radius 3 is 2.79 bits per heavy atom. The number of nitrogens with zero attached hydrogens (tertiary/aromatic N) is 1. The van der Waals surface area contributed by atoms with Gasteiger partial charge in [0.25, 0.3) is 0 Å². The first-order valence-corrected chi connectivity index (χ1v) is 4.66. The Balaban J connectivity index is 2.25. The molecule has 72 valence electrons. The summed E-state index contributed by atoms with van der Waals surface area (Å²) in [4.78, 5) is 0. The Morgan fingerprint density at radius 2 is 2.07 bits per heavy atom. The molecule has 0 saturated carbocycles. The smallest absolute Gasteiger partial charge is 0.170 e. The molecule has 2 aromatic rings. The Kier molecular flexibility index (Phi) is 2.49. The van der Waals surface area contributed by atoms with Gasteiger partial charge in [0.05, 0.1) is 0 Å². The Morgan fingerprint density at radius 1 is 1.29 bits per heavy atom. The van der Waals surface area contributed by atoms with E-state index in [9.17, 15) is 0 Å². The van der Waals surface area contributed by atoms with Crippen LogP contribution >= 0.6 is 0 Å². The molecule has 14 heavy (non-hydrogen) atoms. The van der Waals surface area contributed by atoms with Gasteiger partial charge in [0.2, 0.25) is 0 Å². The van der Waals surface area contributed by atoms with E-state index in [1.807, 2.05) is 43.3 Å². The van der Waals surface area contributed by atoms with Gasteiger partial charge in [-0.2, -0.15) is 0 Å². The second-order valence-electron chi connectivity index (χ2n) is 2.97. The molecule has 0 aliphatic rings. The maximum absolute atomic E-state index is 5.19. The average Bonchev–Trinajstić information content (AvgIpc) is 2.68. The molecule has 0 aliphatic heterocycles. The van der Waals surface area contributed by atoms with Crippen LogP contribution in [0.4, 0.5) is 5.82 Å². The summed E-state index contributed by atoms with van der Waals surface area (Å²) in [5.74, 6) is 1.58. The predicted molar refractivity (Wildman–Crippen MR) is 56.1 cm³/mol. The molecule has 0 fully saturated rings. The molecule has 0 spiro atoms. The number of rotatable bonds is 3. The molecule has 2 rings (SSSR count). The van der Waals surface area contributed by atoms with Crippen LogP contribution in [0, 0.1) is 0 Å². The molecule has 0 bridgehead atoms. The molecular formula is C11H12N2O. The summed E-state index contributed by atoms with van der Waals surface area (Å²) in [6.07, 6.45) is 0. The van der Waals surface area contributed by atoms with Crippen molar-refractivity contribution in [3.8, 4) is 11.3 Å². The van der Waals surface area contributed by atoms with Crippen molar-refractivity contribution < 1.29 is 4.52 Å². The maximum Gasteiger partial charge on any atom is 0.170 e. The van der Waals surface area contributed by atoms with Gasteiger partial charge in [-0.05, 0) is 6.92 Å². The molecule has 0 saturated heterocycles. The third-order valence-electron chi connectivity index (χ3n) is 1.93. The number of hydrogen-bond donors (Lipinski definition) is 1. The molecule has 1 aromatic heterocycles. The van der Waals surface area contributed by atoms with E-state index in [0.29, 0.717) is 0 Å². The molecule has 0 atom stereocenters. The molecule has 0 unspecified atom stereocenters. The van der Waals surface area contributed by atoms with Gasteiger partial charge in [-0.15, -0.1) is 0 Å². The summed E-state index contributed by atoms with van der Waals surface area (Å²) in [5, 5.41) is 6.99. The minimum Gasteiger partial charge on any atom is -0.368 e. The van der Waals surface area contributed by atoms with Crippen molar-refractivity contribution in [3.05, 3.63) is 36.4 Å². The molecule has 1 aromatic carbocycles. The molecule has 1 heterocycles. The van der Waals surface area contributed by atoms with Gasteiger partial charge in [-0.3, -0.25) is 0 Å². The Hall–Kier alpha value is -1.77. The lowest BCUT2D eigenvalue weighted by Crippen LogP contribution is -1.95. The van der Waals surface area contributed by atoms with Gasteiger partial charge < -0.3 is 9.84 Å². The van der Waals surface area contributed by atoms with Gasteiger partial charge >= 0.3 is 0 Å². The summed E-state index contributed by atoms with van der Waals surface area (Å²) < 4.78 is 5.19. The van der Waals surface area contributed by atoms with Crippen molar-refractivity contribution in [2.24, 2.45) is 0 Å². The summed E-state index contributed by atoms with van der Waals surface area (Å²) in [6.45, 7) is 2.87. The lowest BCUT2D eigenvalue weighted by molar-refractivity contribution is 0.435. The number of benzene rings is 1. The van der Waals surface area contributed by atoms with Crippen molar-refractivity contribution in [2.45, 2.75) is 6.92 Å². The van der Waals surface area contributed by atoms with Crippen molar-refractivity contribution in [2.75, 3.05) is 11.9 Å². The molecule has 0 amide bonds. The van der Waals surface area contributed by atoms with Crippen molar-refractivity contribution in [1.82, 2.24) is 5.16 Å². The summed E-state index contributed by atoms with van der Waals surface area (Å²) in [6, 6.07) is 11.8. The molecule has 0 radical (unpaired) electrons. The van der Waals surface area contributed by atoms with E-state index in [2.05, 4.69) is 10.5 Å². The fourth-order valence-corrected chi connectivity index (χ4v) is 1.28. The van der Waals surface area contributed by atoms with Gasteiger partial charge in [0.1, 0.15) is 0 Å². The second kappa shape index (κ2) is 3.96. The average molecular weight is 188 g/mol. The SMILES string of the molecule is CCNc1cc(-c2ccccc2)on1. The third kappa shape index (κ3) is 1.76. The maximum atomic E-state index is 5.19. The summed E-state index contributed by atoms with van der Waals surface area (Å²) in [7, 11) is 0. The van der Waals surface area contributed by atoms with Gasteiger partial charge in [-0.25, -0.2) is 0 Å². The van der Waals surface area contributed by atoms with E-state index >= 15 is 0 Å². The van der Waals surface area contributed by atoms with Gasteiger partial charge in [0, 0.05) is 18.2 Å². The highest BCUT2D eigenvalue weighted by Crippen LogP contribution is 2.21. The van der Waals surface area contributed by atoms with Crippen LogP contribution in [0.1, 0.15) is 6.92 Å². The predicted octanol–water partition coefficient (Wildman–Crippen LogP) is 2.77. The highest BCUT2D eigenvalue weighted by Gasteiger charge is 2.04. The van der Waals surface area contributed by atoms with Gasteiger partial charge in [0.15, 0.2) is 11.6 Å². The topological polar surface area (TPSA) is 38.1 Å². The zero-order valence-corrected chi connectivity index (χ0v) is 8.03. The Labute approximate surface area is 82.7 Å². The first kappa shape index (κ1) is 8.81. The first-order valence-electron chi connectivity index (χ1n) is 4.66. The molecule has 3 heteroatoms. The van der Waals surface area contributed by atoms with Crippen molar-refractivity contribution in [3.63, 3.8) is 0 Å². The van der Waals surface area contributed by atoms with Crippen molar-refractivity contribution >= 4 is 5.82 Å². The van der Waals surface area contributed by atoms with Crippen LogP contribution in [0.3, 0.4) is 0 Å². The van der Waals surface area contributed by atoms with E-state index in [1.165, 1.54) is 0 Å². The van der Waals surface area contributed by atoms with Crippen LogP contribution in [0.2, 0.25) is 0 Å². The van der Waals surface area contributed by atoms with Crippen LogP contribution in [0.25, 0.3) is 11.3 Å². The van der Waals surface area contributed by atoms with Crippen LogP contribution < -0.4 is 5.32 Å². The quantitative estimate of drug-likeness (QED) is 0.804. The highest BCUT2D eigenvalue weighted by molar-refractivity contribution is 5.60. The summed E-state index contributed by atoms with van der Waals surface area (Å²) >= 11 is 0. The van der Waals surface area contributed by atoms with Gasteiger partial charge in [-0.1, -0.05) is 35.5 Å². The van der Waals surface area contributed by atoms with E-state index in [4.69, 9.17) is 4.52 Å². The third-order valence-corrected chi connectivity index (χ3v) is 1.93. The van der Waals surface area contributed by atoms with E-state index < -0.39 is 0 Å². The Bertz CT molecular complexity index is 395. The minimum atomic E-state index is 0.784. The number of hydrogen-bond acceptors (Lipinski definition) is 3. The highest BCUT2D eigenvalue weighted by atomic mass is 16.5. The fourth-order valence-electron chi connectivity index (χ4n) is 1.28. The monoisotopic (exact) mass is 188 g/mol. The zero-order chi connectivity index (χ0) is 9.80. The number of nitrogens with one attached hydrogen (secondary N) is 1. The second-order valence-corrected chi connectivity index (χ2v) is 2.97. The normalized spacial score (nSPS) is 10.1. The number of anilines is 1. The van der Waals surface area contributed by atoms with Crippen LogP contribution in [-0.2, 0) is 0 Å². The number of aromatic nitrogens is 1. The van der Waals surface area contributed by atoms with E-state index in [0.717, 1.165) is 23.7 Å². The largest absolute Gasteiger partial charge is 0.368 e. The van der Waals surface area contributed by atoms with E-state index in [-0.39, 0.29) is 0 Å². The lowest BCUT2D eigenvalue weighted by Gasteiger charge is -1.92. The van der Waals surface area contributed by atoms with E-state index in [1.54, 1.807) is 0 Å². The zero-order valence-electron chi connectivity index (χ0n) is 8.03.